The monoisotopic (exact) mass is 389 g/mol. The third-order valence-corrected chi connectivity index (χ3v) is 6.23. The lowest BCUT2D eigenvalue weighted by molar-refractivity contribution is -0.153. The zero-order chi connectivity index (χ0) is 20.0. The topological polar surface area (TPSA) is 55.8 Å². The molecule has 0 saturated carbocycles. The lowest BCUT2D eigenvalue weighted by atomic mass is 9.77. The van der Waals surface area contributed by atoms with Gasteiger partial charge in [-0.25, -0.2) is 0 Å². The van der Waals surface area contributed by atoms with Crippen molar-refractivity contribution in [1.29, 1.82) is 0 Å². The van der Waals surface area contributed by atoms with Crippen LogP contribution in [0.25, 0.3) is 0 Å². The van der Waals surface area contributed by atoms with E-state index in [1.54, 1.807) is 6.92 Å². The molecule has 29 heavy (non-hydrogen) atoms. The molecule has 3 aliphatic heterocycles. The molecule has 0 radical (unpaired) electrons. The molecule has 2 aromatic carbocycles. The Hall–Kier alpha value is -2.92. The lowest BCUT2D eigenvalue weighted by Crippen LogP contribution is -2.40. The van der Waals surface area contributed by atoms with Crippen molar-refractivity contribution in [3.05, 3.63) is 83.9 Å². The first kappa shape index (κ1) is 18.1. The van der Waals surface area contributed by atoms with Crippen molar-refractivity contribution in [2.75, 3.05) is 13.2 Å². The van der Waals surface area contributed by atoms with E-state index < -0.39 is 17.4 Å². The van der Waals surface area contributed by atoms with Gasteiger partial charge in [0.05, 0.1) is 31.2 Å². The minimum Gasteiger partial charge on any atom is -0.466 e. The maximum Gasteiger partial charge on any atom is 0.312 e. The Morgan fingerprint density at radius 2 is 1.76 bits per heavy atom. The van der Waals surface area contributed by atoms with Crippen molar-refractivity contribution in [2.24, 2.45) is 11.8 Å². The van der Waals surface area contributed by atoms with E-state index in [9.17, 15) is 9.59 Å². The van der Waals surface area contributed by atoms with Gasteiger partial charge in [-0.2, -0.15) is 0 Å². The minimum absolute atomic E-state index is 0.0485. The normalized spacial score (nSPS) is 29.5. The SMILES string of the molecule is CCOC(=O)[C@H]1[C@H]2C=C[C@@]3(CN(C(c4ccccc4)c4ccccc4)C(=O)[C@@H]13)O2. The molecule has 1 spiro atoms. The number of ether oxygens (including phenoxy) is 2. The van der Waals surface area contributed by atoms with E-state index in [0.29, 0.717) is 13.2 Å². The number of hydrogen-bond donors (Lipinski definition) is 0. The van der Waals surface area contributed by atoms with Gasteiger partial charge in [-0.05, 0) is 18.1 Å². The fourth-order valence-corrected chi connectivity index (χ4v) is 5.08. The Labute approximate surface area is 169 Å². The molecule has 4 atom stereocenters. The summed E-state index contributed by atoms with van der Waals surface area (Å²) in [5, 5.41) is 0. The molecular formula is C24H23NO4. The molecule has 0 aliphatic carbocycles. The first-order valence-electron chi connectivity index (χ1n) is 10.1. The molecule has 5 rings (SSSR count). The van der Waals surface area contributed by atoms with Crippen LogP contribution in [0.15, 0.2) is 72.8 Å². The molecule has 3 aliphatic rings. The second-order valence-electron chi connectivity index (χ2n) is 7.84. The number of likely N-dealkylation sites (tertiary alicyclic amines) is 1. The summed E-state index contributed by atoms with van der Waals surface area (Å²) in [6.45, 7) is 2.50. The van der Waals surface area contributed by atoms with Crippen LogP contribution >= 0.6 is 0 Å². The summed E-state index contributed by atoms with van der Waals surface area (Å²) >= 11 is 0. The number of esters is 1. The smallest absolute Gasteiger partial charge is 0.312 e. The van der Waals surface area contributed by atoms with Gasteiger partial charge < -0.3 is 14.4 Å². The van der Waals surface area contributed by atoms with Crippen LogP contribution in [-0.4, -0.2) is 41.6 Å². The highest BCUT2D eigenvalue weighted by molar-refractivity contribution is 5.91. The third kappa shape index (κ3) is 2.72. The Morgan fingerprint density at radius 1 is 1.14 bits per heavy atom. The van der Waals surface area contributed by atoms with Crippen LogP contribution in [0.3, 0.4) is 0 Å². The first-order chi connectivity index (χ1) is 14.1. The van der Waals surface area contributed by atoms with Crippen molar-refractivity contribution in [2.45, 2.75) is 24.7 Å². The van der Waals surface area contributed by atoms with Crippen LogP contribution in [-0.2, 0) is 19.1 Å². The quantitative estimate of drug-likeness (QED) is 0.582. The van der Waals surface area contributed by atoms with Crippen LogP contribution in [0.2, 0.25) is 0 Å². The van der Waals surface area contributed by atoms with E-state index in [1.807, 2.05) is 77.7 Å². The van der Waals surface area contributed by atoms with Crippen LogP contribution < -0.4 is 0 Å². The fraction of sp³-hybridized carbons (Fsp3) is 0.333. The molecule has 2 bridgehead atoms. The molecule has 5 heteroatoms. The zero-order valence-corrected chi connectivity index (χ0v) is 16.2. The largest absolute Gasteiger partial charge is 0.466 e. The van der Waals surface area contributed by atoms with E-state index in [-0.39, 0.29) is 24.0 Å². The van der Waals surface area contributed by atoms with Crippen molar-refractivity contribution in [1.82, 2.24) is 4.90 Å². The predicted octanol–water partition coefficient (Wildman–Crippen LogP) is 3.12. The average Bonchev–Trinajstić information content (AvgIpc) is 3.39. The highest BCUT2D eigenvalue weighted by atomic mass is 16.6. The van der Waals surface area contributed by atoms with Crippen LogP contribution in [0.1, 0.15) is 24.1 Å². The van der Waals surface area contributed by atoms with Crippen molar-refractivity contribution >= 4 is 11.9 Å². The second-order valence-corrected chi connectivity index (χ2v) is 7.84. The van der Waals surface area contributed by atoms with Gasteiger partial charge in [0, 0.05) is 0 Å². The number of carbonyl (C=O) groups is 2. The summed E-state index contributed by atoms with van der Waals surface area (Å²) in [6.07, 6.45) is 3.51. The Kier molecular flexibility index (Phi) is 4.28. The van der Waals surface area contributed by atoms with Gasteiger partial charge >= 0.3 is 5.97 Å². The minimum atomic E-state index is -0.749. The standard InChI is InChI=1S/C24H23NO4/c1-2-28-23(27)19-18-13-14-24(29-18)15-25(22(26)20(19)24)21(16-9-5-3-6-10-16)17-11-7-4-8-12-17/h3-14,18-21H,2,15H2,1H3/t18-,19+,20-,24+/m1/s1. The fourth-order valence-electron chi connectivity index (χ4n) is 5.08. The van der Waals surface area contributed by atoms with Gasteiger partial charge in [0.15, 0.2) is 0 Å². The van der Waals surface area contributed by atoms with Gasteiger partial charge in [0.2, 0.25) is 5.91 Å². The van der Waals surface area contributed by atoms with E-state index >= 15 is 0 Å². The summed E-state index contributed by atoms with van der Waals surface area (Å²) in [6, 6.07) is 19.8. The zero-order valence-electron chi connectivity index (χ0n) is 16.2. The average molecular weight is 389 g/mol. The maximum absolute atomic E-state index is 13.7. The summed E-state index contributed by atoms with van der Waals surface area (Å²) in [5.74, 6) is -1.51. The van der Waals surface area contributed by atoms with E-state index in [4.69, 9.17) is 9.47 Å². The highest BCUT2D eigenvalue weighted by Crippen LogP contribution is 2.54. The van der Waals surface area contributed by atoms with Crippen molar-refractivity contribution in [3.8, 4) is 0 Å². The van der Waals surface area contributed by atoms with Crippen molar-refractivity contribution < 1.29 is 19.1 Å². The molecule has 0 unspecified atom stereocenters. The molecule has 148 valence electrons. The Balaban J connectivity index is 1.55. The number of hydrogen-bond acceptors (Lipinski definition) is 4. The molecule has 2 aromatic rings. The molecule has 2 saturated heterocycles. The summed E-state index contributed by atoms with van der Waals surface area (Å²) in [7, 11) is 0. The Morgan fingerprint density at radius 3 is 2.34 bits per heavy atom. The number of amides is 1. The van der Waals surface area contributed by atoms with Gasteiger partial charge in [-0.15, -0.1) is 0 Å². The van der Waals surface area contributed by atoms with Crippen LogP contribution in [0, 0.1) is 11.8 Å². The molecule has 2 fully saturated rings. The molecule has 3 heterocycles. The summed E-state index contributed by atoms with van der Waals surface area (Å²) < 4.78 is 11.5. The number of fused-ring (bicyclic) bond motifs is 1. The van der Waals surface area contributed by atoms with E-state index in [1.165, 1.54) is 0 Å². The summed E-state index contributed by atoms with van der Waals surface area (Å²) in [5.41, 5.74) is 1.32. The second kappa shape index (κ2) is 6.85. The van der Waals surface area contributed by atoms with E-state index in [2.05, 4.69) is 0 Å². The molecule has 0 N–H and O–H groups in total. The number of rotatable bonds is 5. The third-order valence-electron chi connectivity index (χ3n) is 6.23. The molecule has 1 amide bonds. The molecule has 0 aromatic heterocycles. The molecule has 5 nitrogen and oxygen atoms in total. The number of nitrogens with zero attached hydrogens (tertiary/aromatic N) is 1. The first-order valence-corrected chi connectivity index (χ1v) is 10.1. The van der Waals surface area contributed by atoms with Gasteiger partial charge in [-0.1, -0.05) is 72.8 Å². The van der Waals surface area contributed by atoms with Crippen LogP contribution in [0.5, 0.6) is 0 Å². The van der Waals surface area contributed by atoms with Gasteiger partial charge in [-0.3, -0.25) is 9.59 Å². The number of carbonyl (C=O) groups excluding carboxylic acids is 2. The number of benzene rings is 2. The van der Waals surface area contributed by atoms with Crippen molar-refractivity contribution in [3.63, 3.8) is 0 Å². The predicted molar refractivity (Wildman–Crippen MR) is 107 cm³/mol. The molecular weight excluding hydrogens is 366 g/mol. The highest BCUT2D eigenvalue weighted by Gasteiger charge is 2.68. The van der Waals surface area contributed by atoms with E-state index in [0.717, 1.165) is 11.1 Å². The van der Waals surface area contributed by atoms with Gasteiger partial charge in [0.25, 0.3) is 0 Å². The maximum atomic E-state index is 13.7. The summed E-state index contributed by atoms with van der Waals surface area (Å²) in [4.78, 5) is 28.2. The van der Waals surface area contributed by atoms with Gasteiger partial charge in [0.1, 0.15) is 11.5 Å². The van der Waals surface area contributed by atoms with Crippen LogP contribution in [0.4, 0.5) is 0 Å². The lowest BCUT2D eigenvalue weighted by Gasteiger charge is -2.31. The Bertz CT molecular complexity index is 918.